The van der Waals surface area contributed by atoms with Crippen LogP contribution in [0.1, 0.15) is 46.2 Å². The number of rotatable bonds is 6. The molecule has 1 aliphatic carbocycles. The molecule has 0 unspecified atom stereocenters. The van der Waals surface area contributed by atoms with Crippen molar-refractivity contribution >= 4 is 5.91 Å². The maximum Gasteiger partial charge on any atom is 0.273 e. The van der Waals surface area contributed by atoms with E-state index in [1.54, 1.807) is 13.2 Å². The van der Waals surface area contributed by atoms with Gasteiger partial charge in [-0.25, -0.2) is 0 Å². The first-order chi connectivity index (χ1) is 15.7. The molecule has 4 aromatic rings. The number of ether oxygens (including phenoxy) is 1. The quantitative estimate of drug-likeness (QED) is 0.492. The van der Waals surface area contributed by atoms with Gasteiger partial charge in [0.15, 0.2) is 11.5 Å². The number of hydrogen-bond donors (Lipinski definition) is 1. The number of nitrogens with one attached hydrogen (secondary N) is 1. The molecule has 1 atom stereocenters. The predicted molar refractivity (Wildman–Crippen MR) is 119 cm³/mol. The molecule has 5 rings (SSSR count). The van der Waals surface area contributed by atoms with Crippen molar-refractivity contribution in [1.29, 1.82) is 0 Å². The van der Waals surface area contributed by atoms with E-state index in [0.717, 1.165) is 36.9 Å². The van der Waals surface area contributed by atoms with Crippen LogP contribution in [0, 0.1) is 0 Å². The van der Waals surface area contributed by atoms with Crippen LogP contribution in [0.3, 0.4) is 0 Å². The molecule has 7 nitrogen and oxygen atoms in total. The van der Waals surface area contributed by atoms with Crippen LogP contribution in [-0.4, -0.2) is 28.0 Å². The molecular formula is C25H24N4O3. The second-order valence-electron chi connectivity index (χ2n) is 7.92. The van der Waals surface area contributed by atoms with E-state index in [0.29, 0.717) is 11.5 Å². The Balaban J connectivity index is 1.31. The molecule has 32 heavy (non-hydrogen) atoms. The van der Waals surface area contributed by atoms with Crippen LogP contribution in [0.5, 0.6) is 5.75 Å². The Kier molecular flexibility index (Phi) is 5.46. The number of amides is 1. The average Bonchev–Trinajstić information content (AvgIpc) is 3.49. The summed E-state index contributed by atoms with van der Waals surface area (Å²) >= 11 is 0. The average molecular weight is 428 g/mol. The van der Waals surface area contributed by atoms with E-state index in [1.807, 2.05) is 53.3 Å². The molecule has 162 valence electrons. The highest BCUT2D eigenvalue weighted by molar-refractivity contribution is 5.93. The lowest BCUT2D eigenvalue weighted by Crippen LogP contribution is -2.31. The maximum absolute atomic E-state index is 12.9. The van der Waals surface area contributed by atoms with Crippen molar-refractivity contribution in [3.8, 4) is 17.1 Å². The lowest BCUT2D eigenvalue weighted by Gasteiger charge is -2.24. The van der Waals surface area contributed by atoms with Gasteiger partial charge in [-0.3, -0.25) is 9.48 Å². The van der Waals surface area contributed by atoms with Crippen molar-refractivity contribution in [3.05, 3.63) is 89.4 Å². The van der Waals surface area contributed by atoms with Gasteiger partial charge in [-0.1, -0.05) is 47.6 Å². The molecular weight excluding hydrogens is 404 g/mol. The fraction of sp³-hybridized carbons (Fsp3) is 0.240. The van der Waals surface area contributed by atoms with Gasteiger partial charge in [0, 0.05) is 22.9 Å². The monoisotopic (exact) mass is 428 g/mol. The highest BCUT2D eigenvalue weighted by Gasteiger charge is 2.27. The van der Waals surface area contributed by atoms with Gasteiger partial charge >= 0.3 is 0 Å². The van der Waals surface area contributed by atoms with Gasteiger partial charge in [0.1, 0.15) is 5.75 Å². The number of hydrogen-bond acceptors (Lipinski definition) is 5. The third kappa shape index (κ3) is 4.01. The number of benzene rings is 2. The topological polar surface area (TPSA) is 82.2 Å². The Morgan fingerprint density at radius 3 is 2.91 bits per heavy atom. The van der Waals surface area contributed by atoms with Gasteiger partial charge in [-0.15, -0.1) is 0 Å². The predicted octanol–water partition coefficient (Wildman–Crippen LogP) is 4.40. The molecule has 0 saturated carbocycles. The van der Waals surface area contributed by atoms with Crippen molar-refractivity contribution < 1.29 is 14.1 Å². The summed E-state index contributed by atoms with van der Waals surface area (Å²) in [6.45, 7) is 0.726. The number of aromatic nitrogens is 3. The van der Waals surface area contributed by atoms with Gasteiger partial charge < -0.3 is 14.6 Å². The Morgan fingerprint density at radius 2 is 2.06 bits per heavy atom. The van der Waals surface area contributed by atoms with E-state index >= 15 is 0 Å². The second kappa shape index (κ2) is 8.70. The number of carbonyl (C=O) groups is 1. The van der Waals surface area contributed by atoms with Crippen LogP contribution in [0.15, 0.2) is 71.4 Å². The molecule has 0 aliphatic heterocycles. The molecule has 1 N–H and O–H groups in total. The SMILES string of the molecule is COc1cccc(-c2cc(C(=O)N[C@@H]3CCCc4c3cnn4Cc3ccccc3)no2)c1. The fourth-order valence-corrected chi connectivity index (χ4v) is 4.19. The van der Waals surface area contributed by atoms with Gasteiger partial charge in [0.05, 0.1) is 25.9 Å². The summed E-state index contributed by atoms with van der Waals surface area (Å²) in [6, 6.07) is 19.3. The molecule has 2 heterocycles. The van der Waals surface area contributed by atoms with Gasteiger partial charge in [0.25, 0.3) is 5.91 Å². The normalized spacial score (nSPS) is 15.2. The standard InChI is InChI=1S/C25H24N4O3/c1-31-19-10-5-9-18(13-19)24-14-22(28-32-24)25(30)27-21-11-6-12-23-20(21)15-26-29(23)16-17-7-3-2-4-8-17/h2-5,7-10,13-15,21H,6,11-12,16H2,1H3,(H,27,30)/t21-/m1/s1. The highest BCUT2D eigenvalue weighted by Crippen LogP contribution is 2.31. The highest BCUT2D eigenvalue weighted by atomic mass is 16.5. The summed E-state index contributed by atoms with van der Waals surface area (Å²) < 4.78 is 12.7. The zero-order valence-electron chi connectivity index (χ0n) is 17.8. The van der Waals surface area contributed by atoms with Crippen LogP contribution in [-0.2, 0) is 13.0 Å². The Labute approximate surface area is 186 Å². The molecule has 1 aliphatic rings. The Hall–Kier alpha value is -3.87. The first-order valence-corrected chi connectivity index (χ1v) is 10.7. The number of nitrogens with zero attached hydrogens (tertiary/aromatic N) is 3. The van der Waals surface area contributed by atoms with E-state index in [9.17, 15) is 4.79 Å². The summed E-state index contributed by atoms with van der Waals surface area (Å²) in [4.78, 5) is 12.9. The molecule has 0 bridgehead atoms. The van der Waals surface area contributed by atoms with Crippen molar-refractivity contribution in [2.45, 2.75) is 31.8 Å². The van der Waals surface area contributed by atoms with Crippen molar-refractivity contribution in [2.75, 3.05) is 7.11 Å². The summed E-state index contributed by atoms with van der Waals surface area (Å²) in [5, 5.41) is 11.7. The molecule has 0 radical (unpaired) electrons. The van der Waals surface area contributed by atoms with Crippen LogP contribution in [0.2, 0.25) is 0 Å². The van der Waals surface area contributed by atoms with Crippen molar-refractivity contribution in [3.63, 3.8) is 0 Å². The summed E-state index contributed by atoms with van der Waals surface area (Å²) in [6.07, 6.45) is 4.70. The number of carbonyl (C=O) groups excluding carboxylic acids is 1. The fourth-order valence-electron chi connectivity index (χ4n) is 4.19. The largest absolute Gasteiger partial charge is 0.497 e. The second-order valence-corrected chi connectivity index (χ2v) is 7.92. The van der Waals surface area contributed by atoms with Crippen LogP contribution >= 0.6 is 0 Å². The molecule has 0 fully saturated rings. The van der Waals surface area contributed by atoms with Crippen LogP contribution < -0.4 is 10.1 Å². The molecule has 2 aromatic carbocycles. The molecule has 7 heteroatoms. The van der Waals surface area contributed by atoms with Gasteiger partial charge in [-0.05, 0) is 37.0 Å². The van der Waals surface area contributed by atoms with E-state index in [-0.39, 0.29) is 17.6 Å². The third-order valence-corrected chi connectivity index (χ3v) is 5.84. The summed E-state index contributed by atoms with van der Waals surface area (Å²) in [7, 11) is 1.61. The first-order valence-electron chi connectivity index (χ1n) is 10.7. The minimum Gasteiger partial charge on any atom is -0.497 e. The van der Waals surface area contributed by atoms with Gasteiger partial charge in [0.2, 0.25) is 0 Å². The third-order valence-electron chi connectivity index (χ3n) is 5.84. The Bertz CT molecular complexity index is 1230. The lowest BCUT2D eigenvalue weighted by atomic mass is 9.92. The number of methoxy groups -OCH3 is 1. The zero-order chi connectivity index (χ0) is 21.9. The van der Waals surface area contributed by atoms with E-state index in [1.165, 1.54) is 11.3 Å². The van der Waals surface area contributed by atoms with E-state index in [4.69, 9.17) is 9.26 Å². The van der Waals surface area contributed by atoms with Crippen LogP contribution in [0.4, 0.5) is 0 Å². The smallest absolute Gasteiger partial charge is 0.273 e. The molecule has 0 spiro atoms. The van der Waals surface area contributed by atoms with Crippen molar-refractivity contribution in [1.82, 2.24) is 20.3 Å². The maximum atomic E-state index is 12.9. The van der Waals surface area contributed by atoms with Gasteiger partial charge in [-0.2, -0.15) is 5.10 Å². The first kappa shape index (κ1) is 20.1. The lowest BCUT2D eigenvalue weighted by molar-refractivity contribution is 0.0923. The Morgan fingerprint density at radius 1 is 1.19 bits per heavy atom. The zero-order valence-corrected chi connectivity index (χ0v) is 17.8. The van der Waals surface area contributed by atoms with E-state index in [2.05, 4.69) is 27.7 Å². The minimum atomic E-state index is -0.253. The van der Waals surface area contributed by atoms with Crippen molar-refractivity contribution in [2.24, 2.45) is 0 Å². The van der Waals surface area contributed by atoms with E-state index < -0.39 is 0 Å². The molecule has 0 saturated heterocycles. The minimum absolute atomic E-state index is 0.0901. The number of fused-ring (bicyclic) bond motifs is 1. The molecule has 1 amide bonds. The van der Waals surface area contributed by atoms with Crippen LogP contribution in [0.25, 0.3) is 11.3 Å². The summed E-state index contributed by atoms with van der Waals surface area (Å²) in [5.41, 5.74) is 4.53. The summed E-state index contributed by atoms with van der Waals surface area (Å²) in [5.74, 6) is 0.984. The molecule has 2 aromatic heterocycles.